The van der Waals surface area contributed by atoms with Gasteiger partial charge in [0.2, 0.25) is 0 Å². The average molecular weight is 417 g/mol. The summed E-state index contributed by atoms with van der Waals surface area (Å²) in [7, 11) is 0. The third-order valence-corrected chi connectivity index (χ3v) is 4.93. The van der Waals surface area contributed by atoms with Crippen molar-refractivity contribution in [1.82, 2.24) is 0 Å². The highest BCUT2D eigenvalue weighted by Gasteiger charge is 2.31. The first-order valence-electron chi connectivity index (χ1n) is 9.27. The molecular weight excluding hydrogens is 401 g/mol. The molecule has 0 saturated carbocycles. The molecule has 0 N–H and O–H groups in total. The lowest BCUT2D eigenvalue weighted by molar-refractivity contribution is -0.274. The van der Waals surface area contributed by atoms with Crippen LogP contribution >= 0.6 is 0 Å². The summed E-state index contributed by atoms with van der Waals surface area (Å²) in [5.41, 5.74) is 2.81. The number of nitrogens with zero attached hydrogens (tertiary/aromatic N) is 1. The molecule has 1 aliphatic rings. The first-order valence-corrected chi connectivity index (χ1v) is 9.27. The number of aliphatic imine (C=N–C) groups is 1. The molecule has 0 fully saturated rings. The van der Waals surface area contributed by atoms with Crippen molar-refractivity contribution in [3.8, 4) is 16.9 Å². The second-order valence-corrected chi connectivity index (χ2v) is 6.92. The maximum atomic E-state index is 14.0. The van der Waals surface area contributed by atoms with Crippen molar-refractivity contribution in [3.63, 3.8) is 0 Å². The van der Waals surface area contributed by atoms with Crippen molar-refractivity contribution < 1.29 is 26.7 Å². The van der Waals surface area contributed by atoms with E-state index in [9.17, 15) is 22.0 Å². The largest absolute Gasteiger partial charge is 0.573 e. The van der Waals surface area contributed by atoms with Gasteiger partial charge >= 0.3 is 6.36 Å². The van der Waals surface area contributed by atoms with E-state index in [4.69, 9.17) is 0 Å². The van der Waals surface area contributed by atoms with Gasteiger partial charge in [-0.1, -0.05) is 42.5 Å². The Labute approximate surface area is 169 Å². The normalized spacial score (nSPS) is 16.4. The van der Waals surface area contributed by atoms with E-state index in [0.29, 0.717) is 18.6 Å². The van der Waals surface area contributed by atoms with E-state index in [1.54, 1.807) is 12.1 Å². The fraction of sp³-hybridized carbons (Fsp3) is 0.174. The van der Waals surface area contributed by atoms with Gasteiger partial charge in [0, 0.05) is 5.71 Å². The summed E-state index contributed by atoms with van der Waals surface area (Å²) >= 11 is 0. The summed E-state index contributed by atoms with van der Waals surface area (Å²) in [4.78, 5) is 4.51. The fourth-order valence-electron chi connectivity index (χ4n) is 3.54. The molecule has 154 valence electrons. The van der Waals surface area contributed by atoms with Crippen molar-refractivity contribution in [2.24, 2.45) is 4.99 Å². The van der Waals surface area contributed by atoms with E-state index < -0.39 is 18.0 Å². The quantitative estimate of drug-likeness (QED) is 0.425. The molecule has 7 heteroatoms. The number of hydrogen-bond donors (Lipinski definition) is 0. The van der Waals surface area contributed by atoms with Crippen molar-refractivity contribution in [3.05, 3.63) is 89.5 Å². The van der Waals surface area contributed by atoms with Crippen LogP contribution in [-0.4, -0.2) is 12.1 Å². The zero-order valence-corrected chi connectivity index (χ0v) is 15.6. The summed E-state index contributed by atoms with van der Waals surface area (Å²) in [6.07, 6.45) is -3.60. The molecule has 0 aromatic heterocycles. The fourth-order valence-corrected chi connectivity index (χ4v) is 3.54. The topological polar surface area (TPSA) is 21.6 Å². The Morgan fingerprint density at radius 2 is 1.37 bits per heavy atom. The summed E-state index contributed by atoms with van der Waals surface area (Å²) in [6, 6.07) is 16.6. The molecule has 0 unspecified atom stereocenters. The van der Waals surface area contributed by atoms with Gasteiger partial charge in [-0.15, -0.1) is 13.2 Å². The lowest BCUT2D eigenvalue weighted by atomic mass is 9.99. The van der Waals surface area contributed by atoms with Crippen LogP contribution in [0.15, 0.2) is 71.7 Å². The molecule has 30 heavy (non-hydrogen) atoms. The summed E-state index contributed by atoms with van der Waals surface area (Å²) in [5, 5.41) is 0. The zero-order chi connectivity index (χ0) is 21.3. The molecule has 1 aliphatic heterocycles. The van der Waals surface area contributed by atoms with E-state index in [2.05, 4.69) is 9.73 Å². The van der Waals surface area contributed by atoms with Crippen molar-refractivity contribution in [1.29, 1.82) is 0 Å². The number of benzene rings is 3. The van der Waals surface area contributed by atoms with E-state index in [1.165, 1.54) is 30.3 Å². The average Bonchev–Trinajstić information content (AvgIpc) is 3.17. The number of rotatable bonds is 4. The molecule has 1 atom stereocenters. The van der Waals surface area contributed by atoms with E-state index in [-0.39, 0.29) is 17.4 Å². The van der Waals surface area contributed by atoms with Crippen LogP contribution in [-0.2, 0) is 0 Å². The second kappa shape index (κ2) is 7.89. The van der Waals surface area contributed by atoms with Gasteiger partial charge in [0.1, 0.15) is 17.4 Å². The Balaban J connectivity index is 1.51. The van der Waals surface area contributed by atoms with Gasteiger partial charge in [-0.3, -0.25) is 4.99 Å². The molecule has 4 rings (SSSR count). The molecule has 0 spiro atoms. The first-order chi connectivity index (χ1) is 14.3. The third kappa shape index (κ3) is 4.35. The van der Waals surface area contributed by atoms with Crippen LogP contribution in [0.2, 0.25) is 0 Å². The molecule has 1 heterocycles. The highest BCUT2D eigenvalue weighted by atomic mass is 19.4. The van der Waals surface area contributed by atoms with Gasteiger partial charge in [-0.05, 0) is 53.8 Å². The van der Waals surface area contributed by atoms with E-state index >= 15 is 0 Å². The molecule has 0 amide bonds. The van der Waals surface area contributed by atoms with Crippen molar-refractivity contribution >= 4 is 5.71 Å². The highest BCUT2D eigenvalue weighted by molar-refractivity contribution is 6.02. The maximum Gasteiger partial charge on any atom is 0.573 e. The second-order valence-electron chi connectivity index (χ2n) is 6.92. The zero-order valence-electron chi connectivity index (χ0n) is 15.6. The van der Waals surface area contributed by atoms with Crippen LogP contribution in [0.1, 0.15) is 30.0 Å². The Kier molecular flexibility index (Phi) is 5.28. The molecule has 3 aromatic carbocycles. The summed E-state index contributed by atoms with van der Waals surface area (Å²) < 4.78 is 68.7. The van der Waals surface area contributed by atoms with Gasteiger partial charge in [-0.2, -0.15) is 0 Å². The maximum absolute atomic E-state index is 14.0. The standard InChI is InChI=1S/C23H16F5NO/c24-18-2-1-3-19(25)22(18)21-13-12-20(29-21)16-6-4-14(5-7-16)15-8-10-17(11-9-15)30-23(26,27)28/h1-11,20H,12-13H2/t20-/m1/s1. The van der Waals surface area contributed by atoms with Crippen molar-refractivity contribution in [2.75, 3.05) is 0 Å². The molecule has 0 radical (unpaired) electrons. The predicted molar refractivity (Wildman–Crippen MR) is 103 cm³/mol. The molecule has 0 saturated heterocycles. The summed E-state index contributed by atoms with van der Waals surface area (Å²) in [6.45, 7) is 0. The van der Waals surface area contributed by atoms with Crippen LogP contribution in [0, 0.1) is 11.6 Å². The molecule has 3 aromatic rings. The Bertz CT molecular complexity index is 1050. The Hall–Kier alpha value is -3.22. The number of ether oxygens (including phenoxy) is 1. The van der Waals surface area contributed by atoms with Crippen LogP contribution in [0.3, 0.4) is 0 Å². The SMILES string of the molecule is Fc1cccc(F)c1C1=N[C@@H](c2ccc(-c3ccc(OC(F)(F)F)cc3)cc2)CC1. The van der Waals surface area contributed by atoms with Gasteiger partial charge in [0.15, 0.2) is 0 Å². The lowest BCUT2D eigenvalue weighted by Gasteiger charge is -2.10. The van der Waals surface area contributed by atoms with Crippen LogP contribution in [0.25, 0.3) is 11.1 Å². The van der Waals surface area contributed by atoms with E-state index in [0.717, 1.165) is 16.7 Å². The predicted octanol–water partition coefficient (Wildman–Crippen LogP) is 6.85. The monoisotopic (exact) mass is 417 g/mol. The summed E-state index contributed by atoms with van der Waals surface area (Å²) in [5.74, 6) is -1.53. The Morgan fingerprint density at radius 3 is 1.93 bits per heavy atom. The highest BCUT2D eigenvalue weighted by Crippen LogP contribution is 2.34. The van der Waals surface area contributed by atoms with E-state index in [1.807, 2.05) is 24.3 Å². The number of alkyl halides is 3. The molecule has 0 aliphatic carbocycles. The van der Waals surface area contributed by atoms with Crippen LogP contribution in [0.5, 0.6) is 5.75 Å². The molecule has 2 nitrogen and oxygen atoms in total. The van der Waals surface area contributed by atoms with Crippen molar-refractivity contribution in [2.45, 2.75) is 25.2 Å². The first kappa shape index (κ1) is 20.1. The smallest absolute Gasteiger partial charge is 0.406 e. The number of halogens is 5. The van der Waals surface area contributed by atoms with Gasteiger partial charge in [-0.25, -0.2) is 8.78 Å². The molecule has 0 bridgehead atoms. The van der Waals surface area contributed by atoms with Gasteiger partial charge in [0.25, 0.3) is 0 Å². The minimum atomic E-state index is -4.73. The van der Waals surface area contributed by atoms with Crippen LogP contribution < -0.4 is 4.74 Å². The third-order valence-electron chi connectivity index (χ3n) is 4.93. The minimum absolute atomic E-state index is 0.0715. The number of hydrogen-bond acceptors (Lipinski definition) is 2. The van der Waals surface area contributed by atoms with Gasteiger partial charge in [0.05, 0.1) is 11.6 Å². The lowest BCUT2D eigenvalue weighted by Crippen LogP contribution is -2.16. The molecular formula is C23H16F5NO. The minimum Gasteiger partial charge on any atom is -0.406 e. The van der Waals surface area contributed by atoms with Gasteiger partial charge < -0.3 is 4.74 Å². The van der Waals surface area contributed by atoms with Crippen LogP contribution in [0.4, 0.5) is 22.0 Å². The Morgan fingerprint density at radius 1 is 0.800 bits per heavy atom.